The van der Waals surface area contributed by atoms with E-state index in [1.165, 1.54) is 13.2 Å². The van der Waals surface area contributed by atoms with Gasteiger partial charge >= 0.3 is 0 Å². The zero-order valence-electron chi connectivity index (χ0n) is 9.19. The number of hydrogen-bond donors (Lipinski definition) is 0. The lowest BCUT2D eigenvalue weighted by Gasteiger charge is -2.14. The highest BCUT2D eigenvalue weighted by molar-refractivity contribution is 9.09. The molecule has 17 heavy (non-hydrogen) atoms. The van der Waals surface area contributed by atoms with E-state index in [0.29, 0.717) is 24.8 Å². The van der Waals surface area contributed by atoms with E-state index in [2.05, 4.69) is 25.9 Å². The molecular formula is C10H11BrClN3O2. The number of halogens is 2. The Hall–Kier alpha value is -0.880. The van der Waals surface area contributed by atoms with Gasteiger partial charge in [0, 0.05) is 24.4 Å². The van der Waals surface area contributed by atoms with Crippen LogP contribution in [0.4, 0.5) is 5.95 Å². The first kappa shape index (κ1) is 12.6. The summed E-state index contributed by atoms with van der Waals surface area (Å²) in [6, 6.07) is 1.51. The molecule has 1 unspecified atom stereocenters. The number of carbonyl (C=O) groups excluding carboxylic acids is 1. The number of ether oxygens (including phenoxy) is 1. The third-order valence-corrected chi connectivity index (χ3v) is 3.64. The van der Waals surface area contributed by atoms with Crippen molar-refractivity contribution in [2.24, 2.45) is 5.92 Å². The van der Waals surface area contributed by atoms with E-state index in [1.54, 1.807) is 4.90 Å². The van der Waals surface area contributed by atoms with Gasteiger partial charge < -0.3 is 4.74 Å². The molecule has 1 amide bonds. The summed E-state index contributed by atoms with van der Waals surface area (Å²) in [5.74, 6) is 0.965. The minimum atomic E-state index is 0.0127. The molecule has 0 bridgehead atoms. The van der Waals surface area contributed by atoms with Gasteiger partial charge in [-0.15, -0.1) is 0 Å². The number of amides is 1. The van der Waals surface area contributed by atoms with Crippen LogP contribution in [-0.4, -0.2) is 34.9 Å². The van der Waals surface area contributed by atoms with Crippen LogP contribution in [0.3, 0.4) is 0 Å². The van der Waals surface area contributed by atoms with Crippen molar-refractivity contribution in [3.8, 4) is 5.88 Å². The van der Waals surface area contributed by atoms with Gasteiger partial charge in [-0.3, -0.25) is 9.69 Å². The van der Waals surface area contributed by atoms with Crippen LogP contribution in [0, 0.1) is 5.92 Å². The van der Waals surface area contributed by atoms with Crippen molar-refractivity contribution < 1.29 is 9.53 Å². The van der Waals surface area contributed by atoms with Crippen molar-refractivity contribution in [2.45, 2.75) is 6.42 Å². The summed E-state index contributed by atoms with van der Waals surface area (Å²) in [5, 5.41) is 1.05. The maximum absolute atomic E-state index is 11.8. The molecule has 0 spiro atoms. The number of hydrogen-bond acceptors (Lipinski definition) is 4. The highest BCUT2D eigenvalue weighted by Crippen LogP contribution is 2.26. The van der Waals surface area contributed by atoms with Gasteiger partial charge in [-0.05, 0) is 5.92 Å². The number of carbonyl (C=O) groups is 1. The van der Waals surface area contributed by atoms with E-state index in [9.17, 15) is 4.79 Å². The summed E-state index contributed by atoms with van der Waals surface area (Å²) in [4.78, 5) is 21.5. The minimum absolute atomic E-state index is 0.0127. The third kappa shape index (κ3) is 2.69. The lowest BCUT2D eigenvalue weighted by Crippen LogP contribution is -2.26. The van der Waals surface area contributed by atoms with Gasteiger partial charge in [0.15, 0.2) is 0 Å². The van der Waals surface area contributed by atoms with E-state index in [0.717, 1.165) is 5.33 Å². The molecule has 5 nitrogen and oxygen atoms in total. The molecule has 0 saturated carbocycles. The predicted octanol–water partition coefficient (Wildman–Crippen LogP) is 1.89. The highest BCUT2D eigenvalue weighted by Gasteiger charge is 2.31. The second-order valence-corrected chi connectivity index (χ2v) is 4.80. The molecule has 1 atom stereocenters. The SMILES string of the molecule is COc1cc(Cl)nc(N2CC(CBr)CC2=O)n1. The van der Waals surface area contributed by atoms with Gasteiger partial charge in [-0.25, -0.2) is 4.98 Å². The van der Waals surface area contributed by atoms with E-state index in [4.69, 9.17) is 16.3 Å². The Kier molecular flexibility index (Phi) is 3.83. The fraction of sp³-hybridized carbons (Fsp3) is 0.500. The Labute approximate surface area is 112 Å². The Morgan fingerprint density at radius 1 is 1.65 bits per heavy atom. The summed E-state index contributed by atoms with van der Waals surface area (Å²) >= 11 is 9.22. The topological polar surface area (TPSA) is 55.3 Å². The third-order valence-electron chi connectivity index (χ3n) is 2.53. The van der Waals surface area contributed by atoms with Crippen molar-refractivity contribution >= 4 is 39.4 Å². The molecule has 0 aliphatic carbocycles. The van der Waals surface area contributed by atoms with Crippen LogP contribution in [0.25, 0.3) is 0 Å². The number of anilines is 1. The van der Waals surface area contributed by atoms with Crippen molar-refractivity contribution in [1.82, 2.24) is 9.97 Å². The molecular weight excluding hydrogens is 309 g/mol. The molecule has 1 aliphatic rings. The van der Waals surface area contributed by atoms with Crippen LogP contribution in [0.1, 0.15) is 6.42 Å². The lowest BCUT2D eigenvalue weighted by atomic mass is 10.2. The zero-order valence-corrected chi connectivity index (χ0v) is 11.5. The van der Waals surface area contributed by atoms with Gasteiger partial charge in [0.1, 0.15) is 5.15 Å². The summed E-state index contributed by atoms with van der Waals surface area (Å²) < 4.78 is 5.00. The normalized spacial score (nSPS) is 19.8. The fourth-order valence-corrected chi connectivity index (χ4v) is 2.29. The molecule has 1 aromatic rings. The van der Waals surface area contributed by atoms with Gasteiger partial charge in [0.05, 0.1) is 7.11 Å². The number of methoxy groups -OCH3 is 1. The van der Waals surface area contributed by atoms with Crippen LogP contribution < -0.4 is 9.64 Å². The molecule has 92 valence electrons. The van der Waals surface area contributed by atoms with Crippen molar-refractivity contribution in [3.63, 3.8) is 0 Å². The van der Waals surface area contributed by atoms with Crippen LogP contribution in [-0.2, 0) is 4.79 Å². The fourth-order valence-electron chi connectivity index (χ4n) is 1.69. The second kappa shape index (κ2) is 5.18. The Morgan fingerprint density at radius 3 is 3.00 bits per heavy atom. The predicted molar refractivity (Wildman–Crippen MR) is 67.8 cm³/mol. The average Bonchev–Trinajstić information content (AvgIpc) is 2.69. The Bertz CT molecular complexity index is 444. The molecule has 1 fully saturated rings. The van der Waals surface area contributed by atoms with E-state index in [1.807, 2.05) is 0 Å². The van der Waals surface area contributed by atoms with Crippen LogP contribution in [0.2, 0.25) is 5.15 Å². The van der Waals surface area contributed by atoms with E-state index in [-0.39, 0.29) is 17.0 Å². The van der Waals surface area contributed by atoms with Gasteiger partial charge in [-0.1, -0.05) is 27.5 Å². The largest absolute Gasteiger partial charge is 0.481 e. The first-order valence-electron chi connectivity index (χ1n) is 5.09. The number of alkyl halides is 1. The number of rotatable bonds is 3. The average molecular weight is 321 g/mol. The smallest absolute Gasteiger partial charge is 0.236 e. The second-order valence-electron chi connectivity index (χ2n) is 3.76. The van der Waals surface area contributed by atoms with E-state index < -0.39 is 0 Å². The first-order chi connectivity index (χ1) is 8.13. The molecule has 1 saturated heterocycles. The Morgan fingerprint density at radius 2 is 2.41 bits per heavy atom. The quantitative estimate of drug-likeness (QED) is 0.630. The summed E-state index contributed by atoms with van der Waals surface area (Å²) in [5.41, 5.74) is 0. The van der Waals surface area contributed by atoms with Crippen molar-refractivity contribution in [1.29, 1.82) is 0 Å². The van der Waals surface area contributed by atoms with Crippen molar-refractivity contribution in [2.75, 3.05) is 23.9 Å². The highest BCUT2D eigenvalue weighted by atomic mass is 79.9. The summed E-state index contributed by atoms with van der Waals surface area (Å²) in [7, 11) is 1.50. The lowest BCUT2D eigenvalue weighted by molar-refractivity contribution is -0.117. The molecule has 1 aliphatic heterocycles. The van der Waals surface area contributed by atoms with Gasteiger partial charge in [0.2, 0.25) is 17.7 Å². The monoisotopic (exact) mass is 319 g/mol. The summed E-state index contributed by atoms with van der Waals surface area (Å²) in [6.45, 7) is 0.605. The van der Waals surface area contributed by atoms with E-state index >= 15 is 0 Å². The molecule has 0 radical (unpaired) electrons. The molecule has 0 N–H and O–H groups in total. The molecule has 0 aromatic carbocycles. The standard InChI is InChI=1S/C10H11BrClN3O2/c1-17-8-3-7(12)13-10(14-8)15-5-6(4-11)2-9(15)16/h3,6H,2,4-5H2,1H3. The minimum Gasteiger partial charge on any atom is -0.481 e. The maximum Gasteiger partial charge on any atom is 0.236 e. The molecule has 7 heteroatoms. The Balaban J connectivity index is 2.28. The number of aromatic nitrogens is 2. The zero-order chi connectivity index (χ0) is 12.4. The number of nitrogens with zero attached hydrogens (tertiary/aromatic N) is 3. The van der Waals surface area contributed by atoms with Gasteiger partial charge in [-0.2, -0.15) is 4.98 Å². The van der Waals surface area contributed by atoms with Crippen molar-refractivity contribution in [3.05, 3.63) is 11.2 Å². The molecule has 2 rings (SSSR count). The first-order valence-corrected chi connectivity index (χ1v) is 6.59. The van der Waals surface area contributed by atoms with Gasteiger partial charge in [0.25, 0.3) is 0 Å². The maximum atomic E-state index is 11.8. The van der Waals surface area contributed by atoms with Crippen LogP contribution in [0.5, 0.6) is 5.88 Å². The van der Waals surface area contributed by atoms with Crippen LogP contribution >= 0.6 is 27.5 Å². The molecule has 2 heterocycles. The van der Waals surface area contributed by atoms with Crippen LogP contribution in [0.15, 0.2) is 6.07 Å². The summed E-state index contributed by atoms with van der Waals surface area (Å²) in [6.07, 6.45) is 0.503. The molecule has 1 aromatic heterocycles.